The van der Waals surface area contributed by atoms with Gasteiger partial charge in [-0.1, -0.05) is 12.0 Å². The molecule has 1 fully saturated rings. The summed E-state index contributed by atoms with van der Waals surface area (Å²) >= 11 is 0. The Morgan fingerprint density at radius 2 is 1.76 bits per heavy atom. The fourth-order valence-corrected chi connectivity index (χ4v) is 3.88. The molecule has 14 heteroatoms. The van der Waals surface area contributed by atoms with Crippen molar-refractivity contribution >= 4 is 23.8 Å². The fourth-order valence-electron chi connectivity index (χ4n) is 3.88. The molecule has 1 aromatic carbocycles. The van der Waals surface area contributed by atoms with Gasteiger partial charge in [-0.2, -0.15) is 0 Å². The van der Waals surface area contributed by atoms with E-state index >= 15 is 0 Å². The normalized spacial score (nSPS) is 22.5. The number of carbonyl (C=O) groups excluding carboxylic acids is 4. The number of aliphatic hydroxyl groups is 2. The zero-order chi connectivity index (χ0) is 30.5. The lowest BCUT2D eigenvalue weighted by Crippen LogP contribution is -2.63. The average Bonchev–Trinajstić information content (AvgIpc) is 2.90. The van der Waals surface area contributed by atoms with Crippen LogP contribution < -0.4 is 10.1 Å². The van der Waals surface area contributed by atoms with E-state index in [9.17, 15) is 29.4 Å². The minimum absolute atomic E-state index is 0.00409. The third kappa shape index (κ3) is 10.6. The topological polar surface area (TPSA) is 185 Å². The molecule has 41 heavy (non-hydrogen) atoms. The van der Waals surface area contributed by atoms with E-state index in [1.165, 1.54) is 25.1 Å². The molecule has 1 amide bonds. The SMILES string of the molecule is C#CCOCCNC(=O)c1cc(CO)ccc1OC1OC(COC(C)=O)C(OC(C)=O)C(OC(C)=O)[C@H]1OC(C)O. The van der Waals surface area contributed by atoms with Crippen molar-refractivity contribution in [2.24, 2.45) is 0 Å². The Morgan fingerprint density at radius 1 is 1.07 bits per heavy atom. The average molecular weight is 582 g/mol. The maximum atomic E-state index is 13.0. The van der Waals surface area contributed by atoms with Crippen LogP contribution in [0.5, 0.6) is 5.75 Å². The number of rotatable bonds is 14. The first-order valence-corrected chi connectivity index (χ1v) is 12.6. The van der Waals surface area contributed by atoms with Gasteiger partial charge in [0, 0.05) is 27.3 Å². The summed E-state index contributed by atoms with van der Waals surface area (Å²) in [6, 6.07) is 4.29. The summed E-state index contributed by atoms with van der Waals surface area (Å²) in [5.74, 6) is -0.518. The molecule has 0 radical (unpaired) electrons. The maximum Gasteiger partial charge on any atom is 0.303 e. The number of hydrogen-bond donors (Lipinski definition) is 3. The molecule has 2 rings (SSSR count). The molecule has 14 nitrogen and oxygen atoms in total. The highest BCUT2D eigenvalue weighted by Gasteiger charge is 2.53. The van der Waals surface area contributed by atoms with Crippen molar-refractivity contribution in [2.45, 2.75) is 71.3 Å². The Kier molecular flexibility index (Phi) is 13.5. The number of carbonyl (C=O) groups is 4. The van der Waals surface area contributed by atoms with Crippen LogP contribution >= 0.6 is 0 Å². The number of nitrogens with one attached hydrogen (secondary N) is 1. The number of amides is 1. The van der Waals surface area contributed by atoms with Gasteiger partial charge in [-0.05, 0) is 24.6 Å². The maximum absolute atomic E-state index is 13.0. The van der Waals surface area contributed by atoms with Gasteiger partial charge in [0.15, 0.2) is 24.6 Å². The van der Waals surface area contributed by atoms with E-state index in [0.717, 1.165) is 20.8 Å². The van der Waals surface area contributed by atoms with Crippen LogP contribution in [0.15, 0.2) is 18.2 Å². The van der Waals surface area contributed by atoms with Gasteiger partial charge in [-0.3, -0.25) is 19.2 Å². The summed E-state index contributed by atoms with van der Waals surface area (Å²) in [7, 11) is 0. The van der Waals surface area contributed by atoms with E-state index < -0.39 is 67.4 Å². The summed E-state index contributed by atoms with van der Waals surface area (Å²) in [5.41, 5.74) is 0.392. The highest BCUT2D eigenvalue weighted by molar-refractivity contribution is 5.97. The van der Waals surface area contributed by atoms with Crippen molar-refractivity contribution in [2.75, 3.05) is 26.4 Å². The second-order valence-electron chi connectivity index (χ2n) is 8.81. The molecule has 0 aromatic heterocycles. The predicted octanol–water partition coefficient (Wildman–Crippen LogP) is -0.188. The van der Waals surface area contributed by atoms with Gasteiger partial charge < -0.3 is 48.7 Å². The second-order valence-corrected chi connectivity index (χ2v) is 8.81. The van der Waals surface area contributed by atoms with Crippen molar-refractivity contribution in [1.82, 2.24) is 5.32 Å². The van der Waals surface area contributed by atoms with Crippen LogP contribution in [0.25, 0.3) is 0 Å². The van der Waals surface area contributed by atoms with E-state index in [0.29, 0.717) is 5.56 Å². The lowest BCUT2D eigenvalue weighted by molar-refractivity contribution is -0.313. The van der Waals surface area contributed by atoms with Gasteiger partial charge in [0.25, 0.3) is 5.91 Å². The van der Waals surface area contributed by atoms with Crippen molar-refractivity contribution in [3.63, 3.8) is 0 Å². The van der Waals surface area contributed by atoms with E-state index in [-0.39, 0.29) is 37.7 Å². The van der Waals surface area contributed by atoms with Crippen molar-refractivity contribution < 1.29 is 62.5 Å². The molecule has 6 atom stereocenters. The summed E-state index contributed by atoms with van der Waals surface area (Å²) in [4.78, 5) is 48.5. The second kappa shape index (κ2) is 16.5. The Labute approximate surface area is 237 Å². The van der Waals surface area contributed by atoms with Crippen molar-refractivity contribution in [1.29, 1.82) is 0 Å². The van der Waals surface area contributed by atoms with Gasteiger partial charge in [-0.15, -0.1) is 6.42 Å². The molecule has 0 aliphatic carbocycles. The Morgan fingerprint density at radius 3 is 2.34 bits per heavy atom. The molecule has 3 N–H and O–H groups in total. The zero-order valence-electron chi connectivity index (χ0n) is 23.2. The Hall–Kier alpha value is -3.74. The van der Waals surface area contributed by atoms with E-state index in [4.69, 9.17) is 39.6 Å². The minimum Gasteiger partial charge on any atom is -0.463 e. The molecule has 1 heterocycles. The van der Waals surface area contributed by atoms with Crippen molar-refractivity contribution in [3.8, 4) is 18.1 Å². The minimum atomic E-state index is -1.49. The van der Waals surface area contributed by atoms with Gasteiger partial charge >= 0.3 is 17.9 Å². The summed E-state index contributed by atoms with van der Waals surface area (Å²) < 4.78 is 38.6. The molecule has 1 aliphatic heterocycles. The highest BCUT2D eigenvalue weighted by Crippen LogP contribution is 2.32. The first-order chi connectivity index (χ1) is 19.5. The van der Waals surface area contributed by atoms with Crippen molar-refractivity contribution in [3.05, 3.63) is 29.3 Å². The predicted molar refractivity (Wildman–Crippen MR) is 138 cm³/mol. The molecule has 1 saturated heterocycles. The van der Waals surface area contributed by atoms with Crippen LogP contribution in [0.4, 0.5) is 0 Å². The third-order valence-corrected chi connectivity index (χ3v) is 5.43. The molecule has 1 aromatic rings. The van der Waals surface area contributed by atoms with Gasteiger partial charge in [0.05, 0.1) is 18.8 Å². The van der Waals surface area contributed by atoms with E-state index in [1.807, 2.05) is 0 Å². The van der Waals surface area contributed by atoms with Crippen LogP contribution in [-0.2, 0) is 49.4 Å². The Balaban J connectivity index is 2.48. The molecule has 0 bridgehead atoms. The first kappa shape index (κ1) is 33.5. The number of esters is 3. The van der Waals surface area contributed by atoms with Gasteiger partial charge in [0.1, 0.15) is 25.1 Å². The molecular weight excluding hydrogens is 546 g/mol. The molecule has 0 saturated carbocycles. The number of terminal acetylenes is 1. The number of hydrogen-bond acceptors (Lipinski definition) is 13. The summed E-state index contributed by atoms with van der Waals surface area (Å²) in [5, 5.41) is 22.3. The van der Waals surface area contributed by atoms with Crippen LogP contribution in [0.2, 0.25) is 0 Å². The Bertz CT molecular complexity index is 1100. The van der Waals surface area contributed by atoms with Crippen LogP contribution in [-0.4, -0.2) is 97.4 Å². The van der Waals surface area contributed by atoms with Crippen LogP contribution in [0.3, 0.4) is 0 Å². The smallest absolute Gasteiger partial charge is 0.303 e. The van der Waals surface area contributed by atoms with E-state index in [2.05, 4.69) is 11.2 Å². The largest absolute Gasteiger partial charge is 0.463 e. The molecule has 1 aliphatic rings. The summed E-state index contributed by atoms with van der Waals surface area (Å²) in [6.45, 7) is 4.19. The molecular formula is C27H35NO13. The quantitative estimate of drug-likeness (QED) is 0.0864. The monoisotopic (exact) mass is 581 g/mol. The number of benzene rings is 1. The lowest BCUT2D eigenvalue weighted by Gasteiger charge is -2.44. The summed E-state index contributed by atoms with van der Waals surface area (Å²) in [6.07, 6.45) is -3.13. The number of aliphatic hydroxyl groups excluding tert-OH is 2. The molecule has 5 unspecified atom stereocenters. The van der Waals surface area contributed by atoms with Gasteiger partial charge in [-0.25, -0.2) is 0 Å². The highest BCUT2D eigenvalue weighted by atomic mass is 16.7. The fraction of sp³-hybridized carbons (Fsp3) is 0.556. The lowest BCUT2D eigenvalue weighted by atomic mass is 9.98. The number of ether oxygens (including phenoxy) is 7. The third-order valence-electron chi connectivity index (χ3n) is 5.43. The van der Waals surface area contributed by atoms with Gasteiger partial charge in [0.2, 0.25) is 6.29 Å². The zero-order valence-corrected chi connectivity index (χ0v) is 23.2. The standard InChI is InChI=1S/C27H35NO13/c1-6-10-35-11-9-28-26(34)20-12-19(13-29)7-8-21(20)40-27-25(39-18(5)33)24(38-17(4)32)23(37-16(3)31)22(41-27)14-36-15(2)30/h1,7-8,12,18,22-25,27,29,33H,9-11,13-14H2,2-5H3,(H,28,34)/t18?,22?,23?,24?,25-,27?/m1/s1. The molecule has 226 valence electrons. The van der Waals surface area contributed by atoms with Crippen LogP contribution in [0, 0.1) is 12.3 Å². The van der Waals surface area contributed by atoms with Crippen LogP contribution in [0.1, 0.15) is 43.6 Å². The van der Waals surface area contributed by atoms with E-state index in [1.54, 1.807) is 0 Å². The first-order valence-electron chi connectivity index (χ1n) is 12.6. The molecule has 0 spiro atoms.